The number of benzene rings is 2. The number of methoxy groups -OCH3 is 2. The van der Waals surface area contributed by atoms with Crippen LogP contribution in [0.2, 0.25) is 0 Å². The average molecular weight is 357 g/mol. The van der Waals surface area contributed by atoms with Crippen molar-refractivity contribution in [2.24, 2.45) is 0 Å². The van der Waals surface area contributed by atoms with Gasteiger partial charge in [-0.1, -0.05) is 26.0 Å². The quantitative estimate of drug-likeness (QED) is 0.773. The van der Waals surface area contributed by atoms with Crippen LogP contribution in [-0.4, -0.2) is 26.7 Å². The van der Waals surface area contributed by atoms with Gasteiger partial charge in [-0.3, -0.25) is 4.79 Å². The molecule has 5 nitrogen and oxygen atoms in total. The molecule has 2 aromatic rings. The molecule has 0 aliphatic heterocycles. The number of amides is 1. The minimum Gasteiger partial charge on any atom is -0.497 e. The Bertz CT molecular complexity index is 725. The molecule has 26 heavy (non-hydrogen) atoms. The van der Waals surface area contributed by atoms with Gasteiger partial charge in [0.05, 0.1) is 20.3 Å². The van der Waals surface area contributed by atoms with Crippen LogP contribution in [0.1, 0.15) is 43.9 Å². The first-order valence-corrected chi connectivity index (χ1v) is 8.68. The van der Waals surface area contributed by atoms with Crippen molar-refractivity contribution < 1.29 is 19.0 Å². The molecule has 0 aliphatic carbocycles. The fourth-order valence-electron chi connectivity index (χ4n) is 2.64. The van der Waals surface area contributed by atoms with Crippen LogP contribution in [0.15, 0.2) is 42.5 Å². The predicted molar refractivity (Wildman–Crippen MR) is 102 cm³/mol. The number of carbonyl (C=O) groups is 1. The van der Waals surface area contributed by atoms with Gasteiger partial charge >= 0.3 is 0 Å². The summed E-state index contributed by atoms with van der Waals surface area (Å²) in [5.41, 5.74) is 2.09. The molecular formula is C21H27NO4. The van der Waals surface area contributed by atoms with Gasteiger partial charge in [-0.25, -0.2) is 0 Å². The van der Waals surface area contributed by atoms with E-state index in [1.165, 1.54) is 5.56 Å². The molecule has 0 unspecified atom stereocenters. The Balaban J connectivity index is 1.94. The highest BCUT2D eigenvalue weighted by Crippen LogP contribution is 2.29. The Morgan fingerprint density at radius 2 is 1.62 bits per heavy atom. The monoisotopic (exact) mass is 357 g/mol. The van der Waals surface area contributed by atoms with Gasteiger partial charge in [-0.15, -0.1) is 0 Å². The second-order valence-electron chi connectivity index (χ2n) is 6.41. The normalized spacial score (nSPS) is 11.8. The fraction of sp³-hybridized carbons (Fsp3) is 0.381. The molecule has 0 saturated carbocycles. The highest BCUT2D eigenvalue weighted by atomic mass is 16.5. The zero-order valence-electron chi connectivity index (χ0n) is 16.0. The van der Waals surface area contributed by atoms with Crippen LogP contribution >= 0.6 is 0 Å². The van der Waals surface area contributed by atoms with E-state index >= 15 is 0 Å². The first-order valence-electron chi connectivity index (χ1n) is 8.68. The highest BCUT2D eigenvalue weighted by Gasteiger charge is 2.15. The van der Waals surface area contributed by atoms with Gasteiger partial charge in [0.15, 0.2) is 6.61 Å². The minimum absolute atomic E-state index is 0.0440. The van der Waals surface area contributed by atoms with Crippen molar-refractivity contribution in [3.8, 4) is 17.2 Å². The molecule has 0 saturated heterocycles. The van der Waals surface area contributed by atoms with Crippen molar-refractivity contribution in [1.82, 2.24) is 5.32 Å². The summed E-state index contributed by atoms with van der Waals surface area (Å²) in [6.07, 6.45) is 0. The number of hydrogen-bond donors (Lipinski definition) is 1. The summed E-state index contributed by atoms with van der Waals surface area (Å²) in [6, 6.07) is 13.1. The summed E-state index contributed by atoms with van der Waals surface area (Å²) in [4.78, 5) is 12.2. The van der Waals surface area contributed by atoms with Crippen LogP contribution in [0.3, 0.4) is 0 Å². The van der Waals surface area contributed by atoms with Crippen molar-refractivity contribution in [2.45, 2.75) is 32.7 Å². The van der Waals surface area contributed by atoms with Gasteiger partial charge in [0.1, 0.15) is 17.2 Å². The van der Waals surface area contributed by atoms with Gasteiger partial charge in [0.25, 0.3) is 5.91 Å². The Morgan fingerprint density at radius 3 is 2.19 bits per heavy atom. The largest absolute Gasteiger partial charge is 0.497 e. The lowest BCUT2D eigenvalue weighted by Gasteiger charge is -2.18. The topological polar surface area (TPSA) is 56.8 Å². The van der Waals surface area contributed by atoms with Crippen molar-refractivity contribution >= 4 is 5.91 Å². The maximum Gasteiger partial charge on any atom is 0.258 e. The molecule has 1 N–H and O–H groups in total. The SMILES string of the molecule is COc1ccc(OC)c([C@@H](C)NC(=O)COc2ccc(C(C)C)cc2)c1. The summed E-state index contributed by atoms with van der Waals surface area (Å²) >= 11 is 0. The van der Waals surface area contributed by atoms with Crippen molar-refractivity contribution in [3.05, 3.63) is 53.6 Å². The second kappa shape index (κ2) is 9.13. The van der Waals surface area contributed by atoms with Gasteiger partial charge < -0.3 is 19.5 Å². The van der Waals surface area contributed by atoms with Gasteiger partial charge in [-0.2, -0.15) is 0 Å². The van der Waals surface area contributed by atoms with E-state index in [1.54, 1.807) is 14.2 Å². The first-order chi connectivity index (χ1) is 12.4. The molecular weight excluding hydrogens is 330 g/mol. The third-order valence-corrected chi connectivity index (χ3v) is 4.20. The summed E-state index contributed by atoms with van der Waals surface area (Å²) in [6.45, 7) is 6.12. The summed E-state index contributed by atoms with van der Waals surface area (Å²) in [5, 5.41) is 2.92. The van der Waals surface area contributed by atoms with E-state index in [0.29, 0.717) is 23.2 Å². The van der Waals surface area contributed by atoms with Gasteiger partial charge in [0, 0.05) is 5.56 Å². The zero-order chi connectivity index (χ0) is 19.1. The Hall–Kier alpha value is -2.69. The van der Waals surface area contributed by atoms with E-state index in [-0.39, 0.29) is 18.6 Å². The summed E-state index contributed by atoms with van der Waals surface area (Å²) in [7, 11) is 3.21. The van der Waals surface area contributed by atoms with E-state index in [2.05, 4.69) is 19.2 Å². The van der Waals surface area contributed by atoms with Crippen LogP contribution in [0, 0.1) is 0 Å². The van der Waals surface area contributed by atoms with E-state index < -0.39 is 0 Å². The van der Waals surface area contributed by atoms with Crippen LogP contribution < -0.4 is 19.5 Å². The summed E-state index contributed by atoms with van der Waals surface area (Å²) in [5.74, 6) is 2.35. The van der Waals surface area contributed by atoms with Gasteiger partial charge in [-0.05, 0) is 48.7 Å². The number of hydrogen-bond acceptors (Lipinski definition) is 4. The van der Waals surface area contributed by atoms with Crippen LogP contribution in [-0.2, 0) is 4.79 Å². The number of rotatable bonds is 8. The van der Waals surface area contributed by atoms with E-state index in [4.69, 9.17) is 14.2 Å². The Labute approximate surface area is 155 Å². The van der Waals surface area contributed by atoms with Crippen LogP contribution in [0.5, 0.6) is 17.2 Å². The molecule has 2 rings (SSSR count). The second-order valence-corrected chi connectivity index (χ2v) is 6.41. The predicted octanol–water partition coefficient (Wildman–Crippen LogP) is 4.08. The van der Waals surface area contributed by atoms with Crippen molar-refractivity contribution in [1.29, 1.82) is 0 Å². The molecule has 140 valence electrons. The van der Waals surface area contributed by atoms with E-state index in [0.717, 1.165) is 5.56 Å². The smallest absolute Gasteiger partial charge is 0.258 e. The third kappa shape index (κ3) is 5.15. The molecule has 0 bridgehead atoms. The molecule has 5 heteroatoms. The lowest BCUT2D eigenvalue weighted by molar-refractivity contribution is -0.123. The van der Waals surface area contributed by atoms with Crippen LogP contribution in [0.4, 0.5) is 0 Å². The minimum atomic E-state index is -0.237. The van der Waals surface area contributed by atoms with E-state index in [1.807, 2.05) is 49.4 Å². The third-order valence-electron chi connectivity index (χ3n) is 4.20. The molecule has 0 radical (unpaired) electrons. The number of nitrogens with one attached hydrogen (secondary N) is 1. The maximum absolute atomic E-state index is 12.2. The van der Waals surface area contributed by atoms with Crippen molar-refractivity contribution in [2.75, 3.05) is 20.8 Å². The number of ether oxygens (including phenoxy) is 3. The molecule has 0 aromatic heterocycles. The Morgan fingerprint density at radius 1 is 0.962 bits per heavy atom. The first kappa shape index (κ1) is 19.6. The molecule has 1 atom stereocenters. The van der Waals surface area contributed by atoms with E-state index in [9.17, 15) is 4.79 Å². The zero-order valence-corrected chi connectivity index (χ0v) is 16.0. The molecule has 0 heterocycles. The maximum atomic E-state index is 12.2. The Kier molecular flexibility index (Phi) is 6.89. The van der Waals surface area contributed by atoms with Crippen LogP contribution in [0.25, 0.3) is 0 Å². The highest BCUT2D eigenvalue weighted by molar-refractivity contribution is 5.78. The lowest BCUT2D eigenvalue weighted by atomic mass is 10.0. The lowest BCUT2D eigenvalue weighted by Crippen LogP contribution is -2.31. The van der Waals surface area contributed by atoms with Gasteiger partial charge in [0.2, 0.25) is 0 Å². The molecule has 0 fully saturated rings. The molecule has 2 aromatic carbocycles. The van der Waals surface area contributed by atoms with Crippen molar-refractivity contribution in [3.63, 3.8) is 0 Å². The average Bonchev–Trinajstić information content (AvgIpc) is 2.66. The molecule has 0 spiro atoms. The summed E-state index contributed by atoms with van der Waals surface area (Å²) < 4.78 is 16.2. The number of carbonyl (C=O) groups excluding carboxylic acids is 1. The molecule has 1 amide bonds. The standard InChI is InChI=1S/C21H27NO4/c1-14(2)16-6-8-17(9-7-16)26-13-21(23)22-15(3)19-12-18(24-4)10-11-20(19)25-5/h6-12,14-15H,13H2,1-5H3,(H,22,23)/t15-/m1/s1. The molecule has 0 aliphatic rings. The fourth-order valence-corrected chi connectivity index (χ4v) is 2.64.